The van der Waals surface area contributed by atoms with E-state index in [-0.39, 0.29) is 4.87 Å². The van der Waals surface area contributed by atoms with Gasteiger partial charge < -0.3 is 5.32 Å². The summed E-state index contributed by atoms with van der Waals surface area (Å²) in [5, 5.41) is 5.03. The van der Waals surface area contributed by atoms with Gasteiger partial charge in [0, 0.05) is 18.1 Å². The van der Waals surface area contributed by atoms with Crippen LogP contribution in [0.1, 0.15) is 19.0 Å². The highest BCUT2D eigenvalue weighted by atomic mass is 32.1. The molecule has 2 rings (SSSR count). The van der Waals surface area contributed by atoms with Gasteiger partial charge in [-0.1, -0.05) is 24.3 Å². The van der Waals surface area contributed by atoms with E-state index in [9.17, 15) is 4.79 Å². The van der Waals surface area contributed by atoms with Crippen molar-refractivity contribution in [2.24, 2.45) is 0 Å². The average Bonchev–Trinajstić information content (AvgIpc) is 2.73. The van der Waals surface area contributed by atoms with Crippen molar-refractivity contribution in [2.75, 3.05) is 11.9 Å². The normalized spacial score (nSPS) is 10.4. The highest BCUT2D eigenvalue weighted by Crippen LogP contribution is 2.06. The second-order valence-electron chi connectivity index (χ2n) is 3.74. The lowest BCUT2D eigenvalue weighted by Crippen LogP contribution is -2.14. The van der Waals surface area contributed by atoms with Gasteiger partial charge in [0.15, 0.2) is 0 Å². The smallest absolute Gasteiger partial charge is 0.307 e. The molecule has 2 aromatic heterocycles. The Morgan fingerprint density at radius 3 is 3.06 bits per heavy atom. The number of aromatic nitrogens is 2. The second kappa shape index (κ2) is 5.63. The van der Waals surface area contributed by atoms with E-state index in [1.165, 1.54) is 11.3 Å². The number of hydrogen-bond acceptors (Lipinski definition) is 4. The molecule has 0 radical (unpaired) electrons. The van der Waals surface area contributed by atoms with Gasteiger partial charge in [0.1, 0.15) is 5.82 Å². The summed E-state index contributed by atoms with van der Waals surface area (Å²) in [5.74, 6) is 0.868. The number of pyridine rings is 1. The number of anilines is 1. The van der Waals surface area contributed by atoms with Crippen LogP contribution in [0.4, 0.5) is 5.82 Å². The molecular formula is C12H15N3OS. The first-order valence-corrected chi connectivity index (χ1v) is 6.51. The Kier molecular flexibility index (Phi) is 3.93. The van der Waals surface area contributed by atoms with Crippen molar-refractivity contribution in [3.63, 3.8) is 0 Å². The van der Waals surface area contributed by atoms with Crippen LogP contribution in [0.5, 0.6) is 0 Å². The summed E-state index contributed by atoms with van der Waals surface area (Å²) >= 11 is 1.21. The first-order valence-electron chi connectivity index (χ1n) is 5.63. The van der Waals surface area contributed by atoms with Crippen molar-refractivity contribution in [1.29, 1.82) is 0 Å². The van der Waals surface area contributed by atoms with Gasteiger partial charge in [-0.05, 0) is 18.6 Å². The quantitative estimate of drug-likeness (QED) is 0.883. The summed E-state index contributed by atoms with van der Waals surface area (Å²) in [7, 11) is 0. The van der Waals surface area contributed by atoms with Crippen LogP contribution in [0, 0.1) is 0 Å². The fraction of sp³-hybridized carbons (Fsp3) is 0.333. The van der Waals surface area contributed by atoms with Crippen molar-refractivity contribution in [1.82, 2.24) is 9.55 Å². The minimum Gasteiger partial charge on any atom is -0.370 e. The first kappa shape index (κ1) is 11.9. The van der Waals surface area contributed by atoms with E-state index in [0.29, 0.717) is 6.54 Å². The first-order chi connectivity index (χ1) is 8.29. The highest BCUT2D eigenvalue weighted by Gasteiger charge is 2.01. The maximum absolute atomic E-state index is 11.4. The number of hydrogen-bond donors (Lipinski definition) is 1. The Hall–Kier alpha value is -1.62. The molecule has 1 N–H and O–H groups in total. The molecule has 90 valence electrons. The zero-order valence-corrected chi connectivity index (χ0v) is 10.5. The van der Waals surface area contributed by atoms with Crippen LogP contribution < -0.4 is 10.2 Å². The van der Waals surface area contributed by atoms with E-state index in [1.807, 2.05) is 18.2 Å². The third-order valence-electron chi connectivity index (χ3n) is 2.34. The summed E-state index contributed by atoms with van der Waals surface area (Å²) in [6, 6.07) is 5.83. The van der Waals surface area contributed by atoms with E-state index in [0.717, 1.165) is 24.5 Å². The minimum atomic E-state index is 0.0544. The standard InChI is InChI=1S/C12H15N3OS/c1-2-6-13-11-5-3-4-10(14-11)9-15-7-8-17-12(15)16/h3-5,7-8H,2,6,9H2,1H3,(H,13,14). The fourth-order valence-electron chi connectivity index (χ4n) is 1.50. The zero-order valence-electron chi connectivity index (χ0n) is 9.72. The van der Waals surface area contributed by atoms with Gasteiger partial charge in [0.2, 0.25) is 0 Å². The van der Waals surface area contributed by atoms with E-state index in [1.54, 1.807) is 16.1 Å². The summed E-state index contributed by atoms with van der Waals surface area (Å²) in [6.07, 6.45) is 2.86. The molecule has 0 aliphatic carbocycles. The van der Waals surface area contributed by atoms with E-state index >= 15 is 0 Å². The zero-order chi connectivity index (χ0) is 12.1. The predicted molar refractivity (Wildman–Crippen MR) is 70.7 cm³/mol. The Morgan fingerprint density at radius 1 is 1.47 bits per heavy atom. The molecule has 0 aromatic carbocycles. The molecule has 0 amide bonds. The summed E-state index contributed by atoms with van der Waals surface area (Å²) in [6.45, 7) is 3.56. The molecule has 2 heterocycles. The molecule has 17 heavy (non-hydrogen) atoms. The van der Waals surface area contributed by atoms with Gasteiger partial charge in [0.25, 0.3) is 0 Å². The molecule has 5 heteroatoms. The van der Waals surface area contributed by atoms with Crippen molar-refractivity contribution < 1.29 is 0 Å². The largest absolute Gasteiger partial charge is 0.370 e. The molecule has 0 atom stereocenters. The number of nitrogens with one attached hydrogen (secondary N) is 1. The topological polar surface area (TPSA) is 46.9 Å². The lowest BCUT2D eigenvalue weighted by atomic mass is 10.3. The number of thiazole rings is 1. The number of rotatable bonds is 5. The minimum absolute atomic E-state index is 0.0544. The molecule has 4 nitrogen and oxygen atoms in total. The fourth-order valence-corrected chi connectivity index (χ4v) is 2.09. The van der Waals surface area contributed by atoms with E-state index in [4.69, 9.17) is 0 Å². The van der Waals surface area contributed by atoms with Crippen LogP contribution >= 0.6 is 11.3 Å². The van der Waals surface area contributed by atoms with Crippen LogP contribution in [-0.4, -0.2) is 16.1 Å². The van der Waals surface area contributed by atoms with Crippen LogP contribution in [0.3, 0.4) is 0 Å². The van der Waals surface area contributed by atoms with Gasteiger partial charge in [-0.2, -0.15) is 0 Å². The molecule has 0 spiro atoms. The van der Waals surface area contributed by atoms with Gasteiger partial charge in [-0.15, -0.1) is 0 Å². The van der Waals surface area contributed by atoms with Gasteiger partial charge in [-0.25, -0.2) is 4.98 Å². The van der Waals surface area contributed by atoms with Crippen molar-refractivity contribution in [3.8, 4) is 0 Å². The lowest BCUT2D eigenvalue weighted by molar-refractivity contribution is 0.761. The highest BCUT2D eigenvalue weighted by molar-refractivity contribution is 7.07. The third kappa shape index (κ3) is 3.17. The SMILES string of the molecule is CCCNc1cccc(Cn2ccsc2=O)n1. The maximum atomic E-state index is 11.4. The lowest BCUT2D eigenvalue weighted by Gasteiger charge is -2.06. The molecule has 0 saturated heterocycles. The Balaban J connectivity index is 2.11. The molecule has 0 fully saturated rings. The third-order valence-corrected chi connectivity index (χ3v) is 3.03. The van der Waals surface area contributed by atoms with Crippen LogP contribution in [-0.2, 0) is 6.54 Å². The number of nitrogens with zero attached hydrogens (tertiary/aromatic N) is 2. The molecule has 0 saturated carbocycles. The van der Waals surface area contributed by atoms with Gasteiger partial charge in [0.05, 0.1) is 12.2 Å². The second-order valence-corrected chi connectivity index (χ2v) is 4.59. The molecule has 0 aliphatic heterocycles. The Bertz CT molecular complexity index is 532. The monoisotopic (exact) mass is 249 g/mol. The van der Waals surface area contributed by atoms with Crippen LogP contribution in [0.2, 0.25) is 0 Å². The average molecular weight is 249 g/mol. The van der Waals surface area contributed by atoms with Crippen LogP contribution in [0.15, 0.2) is 34.6 Å². The molecule has 0 aliphatic rings. The van der Waals surface area contributed by atoms with E-state index < -0.39 is 0 Å². The van der Waals surface area contributed by atoms with Gasteiger partial charge in [-0.3, -0.25) is 9.36 Å². The van der Waals surface area contributed by atoms with E-state index in [2.05, 4.69) is 17.2 Å². The van der Waals surface area contributed by atoms with Crippen molar-refractivity contribution >= 4 is 17.2 Å². The summed E-state index contributed by atoms with van der Waals surface area (Å²) < 4.78 is 1.66. The van der Waals surface area contributed by atoms with Crippen molar-refractivity contribution in [2.45, 2.75) is 19.9 Å². The van der Waals surface area contributed by atoms with Crippen LogP contribution in [0.25, 0.3) is 0 Å². The summed E-state index contributed by atoms with van der Waals surface area (Å²) in [5.41, 5.74) is 0.895. The Morgan fingerprint density at radius 2 is 2.35 bits per heavy atom. The van der Waals surface area contributed by atoms with Gasteiger partial charge >= 0.3 is 4.87 Å². The molecule has 0 unspecified atom stereocenters. The summed E-state index contributed by atoms with van der Waals surface area (Å²) in [4.78, 5) is 15.9. The molecule has 2 aromatic rings. The predicted octanol–water partition coefficient (Wildman–Crippen LogP) is 2.17. The molecule has 0 bridgehead atoms. The van der Waals surface area contributed by atoms with Crippen molar-refractivity contribution in [3.05, 3.63) is 45.1 Å². The molecular weight excluding hydrogens is 234 g/mol. The maximum Gasteiger partial charge on any atom is 0.307 e. The Labute approximate surface area is 104 Å².